The van der Waals surface area contributed by atoms with Crippen LogP contribution >= 0.6 is 0 Å². The predicted molar refractivity (Wildman–Crippen MR) is 196 cm³/mol. The van der Waals surface area contributed by atoms with E-state index in [1.165, 1.54) is 22.9 Å². The Balaban J connectivity index is 0.000000324. The van der Waals surface area contributed by atoms with Gasteiger partial charge in [0, 0.05) is 11.1 Å². The number of thiol groups is 1. The van der Waals surface area contributed by atoms with Crippen LogP contribution in [0.1, 0.15) is 18.1 Å². The fourth-order valence-electron chi connectivity index (χ4n) is 6.68. The number of halogens is 20. The third-order valence-electron chi connectivity index (χ3n) is 9.53. The quantitative estimate of drug-likeness (QED) is 0.0201. The Morgan fingerprint density at radius 2 is 0.652 bits per heavy atom. The van der Waals surface area contributed by atoms with Crippen molar-refractivity contribution in [3.05, 3.63) is 182 Å². The molecule has 6 aromatic carbocycles. The number of ether oxygens (including phenoxy) is 2. The second kappa shape index (κ2) is 20.0. The molecule has 6 rings (SSSR count). The van der Waals surface area contributed by atoms with Gasteiger partial charge in [0.05, 0.1) is 6.61 Å². The van der Waals surface area contributed by atoms with Crippen molar-refractivity contribution in [3.63, 3.8) is 0 Å². The molecule has 0 fully saturated rings. The molecule has 3 nitrogen and oxygen atoms in total. The molecule has 0 aliphatic heterocycles. The van der Waals surface area contributed by atoms with Gasteiger partial charge in [-0.15, -0.1) is 21.9 Å². The van der Waals surface area contributed by atoms with E-state index in [0.29, 0.717) is 12.4 Å². The summed E-state index contributed by atoms with van der Waals surface area (Å²) in [4.78, 5) is 11.2. The molecule has 0 N–H and O–H groups in total. The minimum Gasteiger partial charge on any atom is -0.434 e. The fraction of sp³-hybridized carbons (Fsp3) is 0.0976. The Kier molecular flexibility index (Phi) is 15.3. The number of hydrogen-bond acceptors (Lipinski definition) is 3. The van der Waals surface area contributed by atoms with E-state index in [4.69, 9.17) is 9.47 Å². The zero-order valence-electron chi connectivity index (χ0n) is 32.1. The van der Waals surface area contributed by atoms with Crippen LogP contribution in [0.25, 0.3) is 0 Å². The molecule has 350 valence electrons. The molecule has 0 heterocycles. The molecule has 66 heavy (non-hydrogen) atoms. The predicted octanol–water partition coefficient (Wildman–Crippen LogP) is 9.58. The molecule has 0 saturated heterocycles. The lowest BCUT2D eigenvalue weighted by Gasteiger charge is -2.44. The maximum atomic E-state index is 15.4. The monoisotopic (exact) mass is 982 g/mol. The normalized spacial score (nSPS) is 11.4. The minimum absolute atomic E-state index is 0.315. The number of rotatable bonds is 10. The Labute approximate surface area is 360 Å². The van der Waals surface area contributed by atoms with Gasteiger partial charge in [0.2, 0.25) is 0 Å². The Morgan fingerprint density at radius 1 is 0.394 bits per heavy atom. The Bertz CT molecular complexity index is 2470. The molecule has 0 aliphatic carbocycles. The average molecular weight is 982 g/mol. The highest BCUT2D eigenvalue weighted by molar-refractivity contribution is 7.76. The van der Waals surface area contributed by atoms with Crippen LogP contribution in [0, 0.1) is 116 Å². The van der Waals surface area contributed by atoms with E-state index in [1.54, 1.807) is 19.1 Å². The summed E-state index contributed by atoms with van der Waals surface area (Å²) in [7, 11) is 0. The lowest BCUT2D eigenvalue weighted by atomic mass is 9.12. The smallest absolute Gasteiger partial charge is 0.434 e. The van der Waals surface area contributed by atoms with Crippen LogP contribution in [0.4, 0.5) is 92.6 Å². The molecule has 0 bridgehead atoms. The maximum Gasteiger partial charge on any atom is 0.513 e. The summed E-state index contributed by atoms with van der Waals surface area (Å²) in [5.74, 6) is -68.9. The maximum absolute atomic E-state index is 15.4. The molecule has 0 aliphatic rings. The van der Waals surface area contributed by atoms with Gasteiger partial charge in [-0.3, -0.25) is 0 Å². The highest BCUT2D eigenvalue weighted by Crippen LogP contribution is 2.31. The number of carbonyl (C=O) groups excluding carboxylic acids is 1. The number of benzene rings is 6. The molecule has 25 heteroatoms. The van der Waals surface area contributed by atoms with Gasteiger partial charge in [0.25, 0.3) is 0 Å². The van der Waals surface area contributed by atoms with Crippen molar-refractivity contribution in [2.75, 3.05) is 6.61 Å². The molecule has 0 amide bonds. The third kappa shape index (κ3) is 8.83. The van der Waals surface area contributed by atoms with Crippen molar-refractivity contribution >= 4 is 45.9 Å². The van der Waals surface area contributed by atoms with Crippen LogP contribution in [0.15, 0.2) is 54.6 Å². The Morgan fingerprint density at radius 3 is 0.924 bits per heavy atom. The van der Waals surface area contributed by atoms with Crippen molar-refractivity contribution in [1.29, 1.82) is 0 Å². The second-order valence-electron chi connectivity index (χ2n) is 13.3. The summed E-state index contributed by atoms with van der Waals surface area (Å²) < 4.78 is 304. The molecule has 0 spiro atoms. The van der Waals surface area contributed by atoms with Crippen LogP contribution < -0.4 is 26.6 Å². The van der Waals surface area contributed by atoms with Crippen molar-refractivity contribution in [2.45, 2.75) is 18.4 Å². The molecule has 0 radical (unpaired) electrons. The van der Waals surface area contributed by atoms with Crippen LogP contribution in [-0.4, -0.2) is 18.9 Å². The van der Waals surface area contributed by atoms with Gasteiger partial charge in [-0.25, -0.2) is 92.6 Å². The van der Waals surface area contributed by atoms with Gasteiger partial charge >= 0.3 is 6.16 Å². The first-order valence-corrected chi connectivity index (χ1v) is 19.1. The largest absolute Gasteiger partial charge is 0.513 e. The van der Waals surface area contributed by atoms with E-state index >= 15 is 35.1 Å². The molecule has 0 atom stereocenters. The SMILES string of the molecule is CCOC(=O)Oc1ccc(C[SH+]Cc2ccccc2)cc1.Fc1c(F)c(F)c([B-](c2c(F)c(F)c(F)c(F)c2F)(c2c(F)c(F)c(F)c(F)c2F)c2c(F)c(F)c(F)c(F)c2F)c(F)c1F. The van der Waals surface area contributed by atoms with Crippen LogP contribution in [0.5, 0.6) is 5.75 Å². The molecule has 0 aromatic heterocycles. The lowest BCUT2D eigenvalue weighted by Crippen LogP contribution is -2.81. The zero-order chi connectivity index (χ0) is 49.3. The zero-order valence-corrected chi connectivity index (χ0v) is 33.0. The van der Waals surface area contributed by atoms with Gasteiger partial charge in [-0.2, -0.15) is 0 Å². The summed E-state index contributed by atoms with van der Waals surface area (Å²) in [6.07, 6.45) is -7.88. The van der Waals surface area contributed by atoms with Crippen molar-refractivity contribution in [1.82, 2.24) is 0 Å². The third-order valence-corrected chi connectivity index (χ3v) is 10.7. The topological polar surface area (TPSA) is 35.5 Å². The first-order chi connectivity index (χ1) is 31.0. The average Bonchev–Trinajstić information content (AvgIpc) is 3.30. The number of carbonyl (C=O) groups is 1. The Hall–Kier alpha value is -6.40. The van der Waals surface area contributed by atoms with Gasteiger partial charge in [0.15, 0.2) is 69.8 Å². The summed E-state index contributed by atoms with van der Waals surface area (Å²) in [6, 6.07) is 18.0. The standard InChI is InChI=1S/C24BF20.C17H18O3S/c26-5-1(6(27)14(35)21(42)13(5)34)25(2-7(28)15(36)22(43)16(37)8(2)29,3-9(30)17(38)23(44)18(39)10(3)31)4-11(32)19(40)24(45)20(41)12(4)33;1-2-19-17(18)20-16-10-8-15(9-11-16)13-21-12-14-6-4-3-5-7-14/h;3-11H,2,12-13H2,1H3/q-1;/p+1. The van der Waals surface area contributed by atoms with Crippen LogP contribution in [0.3, 0.4) is 0 Å². The van der Waals surface area contributed by atoms with Crippen LogP contribution in [0.2, 0.25) is 0 Å². The summed E-state index contributed by atoms with van der Waals surface area (Å²) in [5.41, 5.74) is -11.8. The van der Waals surface area contributed by atoms with Crippen molar-refractivity contribution in [2.24, 2.45) is 0 Å². The van der Waals surface area contributed by atoms with E-state index < -0.39 is 150 Å². The van der Waals surface area contributed by atoms with E-state index in [9.17, 15) is 57.5 Å². The number of hydrogen-bond donors (Lipinski definition) is 0. The first-order valence-electron chi connectivity index (χ1n) is 17.8. The fourth-order valence-corrected chi connectivity index (χ4v) is 7.73. The van der Waals surface area contributed by atoms with Crippen LogP contribution in [-0.2, 0) is 28.0 Å². The van der Waals surface area contributed by atoms with Crippen molar-refractivity contribution < 1.29 is 102 Å². The molecule has 0 saturated carbocycles. The van der Waals surface area contributed by atoms with E-state index in [2.05, 4.69) is 24.3 Å². The van der Waals surface area contributed by atoms with E-state index in [1.807, 2.05) is 18.2 Å². The summed E-state index contributed by atoms with van der Waals surface area (Å²) in [5, 5.41) is 0. The van der Waals surface area contributed by atoms with Gasteiger partial charge in [-0.1, -0.05) is 42.5 Å². The minimum atomic E-state index is -7.22. The highest BCUT2D eigenvalue weighted by atomic mass is 32.2. The van der Waals surface area contributed by atoms with Gasteiger partial charge in [-0.05, 0) is 30.8 Å². The molecular weight excluding hydrogens is 963 g/mol. The molecular formula is C41H19BF20O3S. The van der Waals surface area contributed by atoms with Gasteiger partial charge < -0.3 is 9.47 Å². The lowest BCUT2D eigenvalue weighted by molar-refractivity contribution is 0.104. The first kappa shape index (κ1) is 50.6. The second-order valence-corrected chi connectivity index (χ2v) is 14.3. The highest BCUT2D eigenvalue weighted by Gasteiger charge is 2.52. The summed E-state index contributed by atoms with van der Waals surface area (Å²) in [6.45, 7) is 2.06. The molecule has 0 unspecified atom stereocenters. The van der Waals surface area contributed by atoms with Crippen molar-refractivity contribution in [3.8, 4) is 5.75 Å². The summed E-state index contributed by atoms with van der Waals surface area (Å²) >= 11 is 1.35. The molecule has 6 aromatic rings. The van der Waals surface area contributed by atoms with E-state index in [-0.39, 0.29) is 0 Å². The van der Waals surface area contributed by atoms with Gasteiger partial charge in [0.1, 0.15) is 69.9 Å². The van der Waals surface area contributed by atoms with E-state index in [0.717, 1.165) is 11.5 Å².